The molecule has 2 aliphatic rings. The molecule has 1 saturated carbocycles. The lowest BCUT2D eigenvalue weighted by Gasteiger charge is -2.48. The van der Waals surface area contributed by atoms with Crippen molar-refractivity contribution in [3.05, 3.63) is 48.3 Å². The van der Waals surface area contributed by atoms with E-state index in [0.717, 1.165) is 37.8 Å². The molecule has 2 fully saturated rings. The van der Waals surface area contributed by atoms with Crippen LogP contribution in [0.4, 0.5) is 17.6 Å². The second-order valence-electron chi connectivity index (χ2n) is 10.1. The zero-order valence-corrected chi connectivity index (χ0v) is 21.1. The summed E-state index contributed by atoms with van der Waals surface area (Å²) in [6, 6.07) is 3.19. The van der Waals surface area contributed by atoms with E-state index in [-0.39, 0.29) is 24.9 Å². The molecule has 2 aromatic rings. The predicted molar refractivity (Wildman–Crippen MR) is 127 cm³/mol. The van der Waals surface area contributed by atoms with Gasteiger partial charge in [-0.25, -0.2) is 17.8 Å². The first kappa shape index (κ1) is 27.5. The summed E-state index contributed by atoms with van der Waals surface area (Å²) < 4.78 is 79.9. The van der Waals surface area contributed by atoms with Crippen LogP contribution in [0.25, 0.3) is 0 Å². The van der Waals surface area contributed by atoms with Crippen LogP contribution >= 0.6 is 0 Å². The Labute approximate surface area is 213 Å². The van der Waals surface area contributed by atoms with E-state index in [9.17, 15) is 30.8 Å². The number of benzene rings is 1. The summed E-state index contributed by atoms with van der Waals surface area (Å²) in [5, 5.41) is 4.26. The predicted octanol–water partition coefficient (Wildman–Crippen LogP) is 3.66. The molecule has 8 nitrogen and oxygen atoms in total. The van der Waals surface area contributed by atoms with Crippen molar-refractivity contribution in [2.75, 3.05) is 13.1 Å². The Hall–Kier alpha value is -2.54. The van der Waals surface area contributed by atoms with Crippen LogP contribution < -0.4 is 4.72 Å². The summed E-state index contributed by atoms with van der Waals surface area (Å²) >= 11 is 0. The number of nitrogens with zero attached hydrogens (tertiary/aromatic N) is 4. The van der Waals surface area contributed by atoms with Crippen LogP contribution in [0.1, 0.15) is 50.5 Å². The molecule has 1 saturated heterocycles. The van der Waals surface area contributed by atoms with Gasteiger partial charge >= 0.3 is 15.5 Å². The number of aromatic nitrogens is 3. The Bertz CT molecular complexity index is 1140. The quantitative estimate of drug-likeness (QED) is 0.511. The van der Waals surface area contributed by atoms with Gasteiger partial charge in [-0.05, 0) is 61.1 Å². The molecule has 0 radical (unpaired) electrons. The number of alkyl halides is 3. The molecule has 1 aromatic carbocycles. The molecule has 1 amide bonds. The topological polar surface area (TPSA) is 97.2 Å². The highest BCUT2D eigenvalue weighted by molar-refractivity contribution is 7.90. The lowest BCUT2D eigenvalue weighted by Crippen LogP contribution is -2.56. The zero-order valence-electron chi connectivity index (χ0n) is 20.3. The van der Waals surface area contributed by atoms with Gasteiger partial charge in [0, 0.05) is 19.6 Å². The lowest BCUT2D eigenvalue weighted by molar-refractivity contribution is -0.136. The zero-order chi connectivity index (χ0) is 26.7. The molecule has 1 aliphatic carbocycles. The number of piperidine rings is 1. The first-order valence-corrected chi connectivity index (χ1v) is 13.9. The SMILES string of the molecule is O=C([C@@H](Cc1ccc(F)cc1)NS(=O)(=O)C(F)(F)F)N1CCC(Cn2cncn2)(C2CCCCC2)CC1. The number of amides is 1. The maximum absolute atomic E-state index is 13.4. The van der Waals surface area contributed by atoms with E-state index in [0.29, 0.717) is 30.9 Å². The molecular formula is C24H31F4N5O3S. The molecule has 1 atom stereocenters. The van der Waals surface area contributed by atoms with E-state index >= 15 is 0 Å². The second kappa shape index (κ2) is 11.1. The number of rotatable bonds is 8. The van der Waals surface area contributed by atoms with E-state index in [4.69, 9.17) is 0 Å². The fraction of sp³-hybridized carbons (Fsp3) is 0.625. The van der Waals surface area contributed by atoms with Gasteiger partial charge in [-0.2, -0.15) is 23.0 Å². The Morgan fingerprint density at radius 2 is 1.76 bits per heavy atom. The molecule has 0 bridgehead atoms. The molecule has 37 heavy (non-hydrogen) atoms. The number of sulfonamides is 1. The van der Waals surface area contributed by atoms with Crippen molar-refractivity contribution in [3.8, 4) is 0 Å². The van der Waals surface area contributed by atoms with Crippen LogP contribution in [0.15, 0.2) is 36.9 Å². The fourth-order valence-corrected chi connectivity index (χ4v) is 6.42. The number of halogens is 4. The standard InChI is InChI=1S/C24H31F4N5O3S/c25-20-8-6-18(7-9-20)14-21(31-37(35,36)24(26,27)28)22(34)32-12-10-23(11-13-32,15-33-17-29-16-30-33)19-4-2-1-3-5-19/h6-9,16-17,19,21,31H,1-5,10-15H2/t21-/m1/s1. The number of hydrogen-bond donors (Lipinski definition) is 1. The van der Waals surface area contributed by atoms with Crippen LogP contribution in [-0.2, 0) is 27.8 Å². The van der Waals surface area contributed by atoms with Gasteiger partial charge in [0.1, 0.15) is 24.5 Å². The summed E-state index contributed by atoms with van der Waals surface area (Å²) in [6.45, 7) is 1.22. The summed E-state index contributed by atoms with van der Waals surface area (Å²) in [7, 11) is -5.77. The molecule has 0 unspecified atom stereocenters. The molecule has 13 heteroatoms. The van der Waals surface area contributed by atoms with E-state index in [2.05, 4.69) is 10.1 Å². The van der Waals surface area contributed by atoms with Gasteiger partial charge in [-0.3, -0.25) is 9.48 Å². The summed E-state index contributed by atoms with van der Waals surface area (Å²) in [5.74, 6) is -0.846. The number of nitrogens with one attached hydrogen (secondary N) is 1. The third-order valence-corrected chi connectivity index (χ3v) is 8.94. The fourth-order valence-electron chi connectivity index (χ4n) is 5.73. The summed E-state index contributed by atoms with van der Waals surface area (Å²) in [6.07, 6.45) is 9.63. The minimum atomic E-state index is -5.77. The Morgan fingerprint density at radius 3 is 2.32 bits per heavy atom. The van der Waals surface area contributed by atoms with Crippen LogP contribution in [0.3, 0.4) is 0 Å². The average molecular weight is 546 g/mol. The molecule has 1 N–H and O–H groups in total. The van der Waals surface area contributed by atoms with Crippen LogP contribution in [0.5, 0.6) is 0 Å². The molecule has 4 rings (SSSR count). The van der Waals surface area contributed by atoms with Crippen molar-refractivity contribution in [2.24, 2.45) is 11.3 Å². The van der Waals surface area contributed by atoms with Crippen molar-refractivity contribution in [3.63, 3.8) is 0 Å². The van der Waals surface area contributed by atoms with E-state index in [1.54, 1.807) is 15.7 Å². The monoisotopic (exact) mass is 545 g/mol. The minimum absolute atomic E-state index is 0.136. The van der Waals surface area contributed by atoms with Crippen molar-refractivity contribution in [1.82, 2.24) is 24.4 Å². The summed E-state index contributed by atoms with van der Waals surface area (Å²) in [4.78, 5) is 18.9. The van der Waals surface area contributed by atoms with E-state index < -0.39 is 33.3 Å². The number of likely N-dealkylation sites (tertiary alicyclic amines) is 1. The van der Waals surface area contributed by atoms with Crippen LogP contribution in [0, 0.1) is 17.2 Å². The number of hydrogen-bond acceptors (Lipinski definition) is 5. The first-order chi connectivity index (χ1) is 17.5. The highest BCUT2D eigenvalue weighted by atomic mass is 32.2. The van der Waals surface area contributed by atoms with Crippen molar-refractivity contribution in [2.45, 2.75) is 69.5 Å². The van der Waals surface area contributed by atoms with E-state index in [1.165, 1.54) is 29.8 Å². The van der Waals surface area contributed by atoms with Crippen molar-refractivity contribution >= 4 is 15.9 Å². The van der Waals surface area contributed by atoms with Crippen LogP contribution in [-0.4, -0.2) is 58.6 Å². The average Bonchev–Trinajstić information content (AvgIpc) is 3.37. The lowest BCUT2D eigenvalue weighted by atomic mass is 9.63. The van der Waals surface area contributed by atoms with Gasteiger partial charge < -0.3 is 4.90 Å². The molecule has 1 aliphatic heterocycles. The summed E-state index contributed by atoms with van der Waals surface area (Å²) in [5.41, 5.74) is -5.36. The van der Waals surface area contributed by atoms with E-state index in [1.807, 2.05) is 0 Å². The smallest absolute Gasteiger partial charge is 0.341 e. The molecular weight excluding hydrogens is 514 g/mol. The molecule has 2 heterocycles. The van der Waals surface area contributed by atoms with Gasteiger partial charge in [0.05, 0.1) is 0 Å². The number of carbonyl (C=O) groups excluding carboxylic acids is 1. The number of carbonyl (C=O) groups is 1. The maximum Gasteiger partial charge on any atom is 0.511 e. The minimum Gasteiger partial charge on any atom is -0.341 e. The van der Waals surface area contributed by atoms with Crippen molar-refractivity contribution < 1.29 is 30.8 Å². The third-order valence-electron chi connectivity index (χ3n) is 7.74. The Kier molecular flexibility index (Phi) is 8.22. The molecule has 204 valence electrons. The Balaban J connectivity index is 1.52. The Morgan fingerprint density at radius 1 is 1.11 bits per heavy atom. The first-order valence-electron chi connectivity index (χ1n) is 12.4. The normalized spacial score (nSPS) is 20.1. The largest absolute Gasteiger partial charge is 0.511 e. The molecule has 1 aromatic heterocycles. The highest BCUT2D eigenvalue weighted by Crippen LogP contribution is 2.47. The van der Waals surface area contributed by atoms with Crippen molar-refractivity contribution in [1.29, 1.82) is 0 Å². The van der Waals surface area contributed by atoms with Gasteiger partial charge in [-0.15, -0.1) is 0 Å². The van der Waals surface area contributed by atoms with Gasteiger partial charge in [0.15, 0.2) is 0 Å². The van der Waals surface area contributed by atoms with Gasteiger partial charge in [0.25, 0.3) is 0 Å². The molecule has 0 spiro atoms. The highest BCUT2D eigenvalue weighted by Gasteiger charge is 2.49. The third kappa shape index (κ3) is 6.49. The van der Waals surface area contributed by atoms with Gasteiger partial charge in [0.2, 0.25) is 5.91 Å². The maximum atomic E-state index is 13.4. The second-order valence-corrected chi connectivity index (χ2v) is 11.8. The van der Waals surface area contributed by atoms with Crippen LogP contribution in [0.2, 0.25) is 0 Å². The van der Waals surface area contributed by atoms with Gasteiger partial charge in [-0.1, -0.05) is 31.4 Å².